The monoisotopic (exact) mass is 571 g/mol. The third-order valence-electron chi connectivity index (χ3n) is 7.31. The van der Waals surface area contributed by atoms with Crippen LogP contribution in [0.5, 0.6) is 0 Å². The molecule has 2 aliphatic rings. The van der Waals surface area contributed by atoms with E-state index in [0.29, 0.717) is 29.2 Å². The number of amides is 1. The molecule has 11 heteroatoms. The van der Waals surface area contributed by atoms with Gasteiger partial charge in [0.1, 0.15) is 0 Å². The van der Waals surface area contributed by atoms with Gasteiger partial charge in [-0.2, -0.15) is 15.0 Å². The van der Waals surface area contributed by atoms with Crippen LogP contribution in [0.2, 0.25) is 0 Å². The highest BCUT2D eigenvalue weighted by atomic mass is 32.1. The van der Waals surface area contributed by atoms with Gasteiger partial charge in [0, 0.05) is 40.5 Å². The van der Waals surface area contributed by atoms with Gasteiger partial charge in [0.25, 0.3) is 5.91 Å². The predicted molar refractivity (Wildman–Crippen MR) is 162 cm³/mol. The highest BCUT2D eigenvalue weighted by molar-refractivity contribution is 7.14. The number of hydrogen-bond acceptors (Lipinski definition) is 10. The fourth-order valence-corrected chi connectivity index (χ4v) is 6.31. The maximum atomic E-state index is 13.5. The van der Waals surface area contributed by atoms with Crippen LogP contribution >= 0.6 is 11.3 Å². The highest BCUT2D eigenvalue weighted by Gasteiger charge is 2.34. The number of rotatable bonds is 6. The molecule has 4 heterocycles. The zero-order chi connectivity index (χ0) is 28.7. The molecule has 0 saturated carbocycles. The third-order valence-corrected chi connectivity index (χ3v) is 8.90. The zero-order valence-electron chi connectivity index (χ0n) is 23.3. The Hall–Kier alpha value is -4.06. The Bertz CT molecular complexity index is 1590. The first-order chi connectivity index (χ1) is 19.7. The zero-order valence-corrected chi connectivity index (χ0v) is 24.2. The van der Waals surface area contributed by atoms with Crippen LogP contribution in [0.4, 0.5) is 29.0 Å². The number of nitrogens with zero attached hydrogens (tertiary/aromatic N) is 5. The molecule has 1 fully saturated rings. The molecule has 2 aromatic carbocycles. The molecule has 4 N–H and O–H groups in total. The fourth-order valence-electron chi connectivity index (χ4n) is 5.13. The van der Waals surface area contributed by atoms with Crippen molar-refractivity contribution >= 4 is 46.2 Å². The van der Waals surface area contributed by atoms with Crippen LogP contribution in [-0.4, -0.2) is 52.3 Å². The second kappa shape index (κ2) is 10.7. The lowest BCUT2D eigenvalue weighted by Gasteiger charge is -2.28. The Labute approximate surface area is 242 Å². The van der Waals surface area contributed by atoms with Gasteiger partial charge in [-0.25, -0.2) is 0 Å². The summed E-state index contributed by atoms with van der Waals surface area (Å²) in [6, 6.07) is 15.6. The van der Waals surface area contributed by atoms with Gasteiger partial charge >= 0.3 is 0 Å². The summed E-state index contributed by atoms with van der Waals surface area (Å²) in [6.07, 6.45) is 0. The van der Waals surface area contributed by atoms with E-state index >= 15 is 0 Å². The molecule has 10 nitrogen and oxygen atoms in total. The van der Waals surface area contributed by atoms with E-state index in [1.54, 1.807) is 16.2 Å². The minimum Gasteiger partial charge on any atom is -0.392 e. The molecule has 1 amide bonds. The molecule has 0 aliphatic carbocycles. The Morgan fingerprint density at radius 1 is 1.07 bits per heavy atom. The molecular weight excluding hydrogens is 538 g/mol. The van der Waals surface area contributed by atoms with E-state index in [1.807, 2.05) is 42.5 Å². The van der Waals surface area contributed by atoms with Gasteiger partial charge in [0.15, 0.2) is 5.82 Å². The van der Waals surface area contributed by atoms with Crippen molar-refractivity contribution in [1.29, 1.82) is 0 Å². The van der Waals surface area contributed by atoms with Crippen molar-refractivity contribution in [1.82, 2.24) is 15.0 Å². The van der Waals surface area contributed by atoms with E-state index in [4.69, 9.17) is 10.5 Å². The van der Waals surface area contributed by atoms with Crippen molar-refractivity contribution in [2.24, 2.45) is 0 Å². The summed E-state index contributed by atoms with van der Waals surface area (Å²) in [4.78, 5) is 32.7. The summed E-state index contributed by atoms with van der Waals surface area (Å²) in [5.74, 6) is 0.582. The molecule has 0 radical (unpaired) electrons. The molecule has 0 atom stereocenters. The molecule has 6 rings (SSSR count). The van der Waals surface area contributed by atoms with Crippen molar-refractivity contribution in [2.75, 3.05) is 47.2 Å². The van der Waals surface area contributed by atoms with Crippen LogP contribution in [0.25, 0.3) is 11.4 Å². The van der Waals surface area contributed by atoms with Gasteiger partial charge in [0.05, 0.1) is 36.9 Å². The van der Waals surface area contributed by atoms with Crippen LogP contribution < -0.4 is 20.9 Å². The maximum absolute atomic E-state index is 13.5. The molecule has 4 aromatic rings. The van der Waals surface area contributed by atoms with Gasteiger partial charge in [-0.3, -0.25) is 4.79 Å². The number of thiophene rings is 1. The van der Waals surface area contributed by atoms with Crippen molar-refractivity contribution in [3.63, 3.8) is 0 Å². The topological polar surface area (TPSA) is 130 Å². The van der Waals surface area contributed by atoms with E-state index < -0.39 is 0 Å². The number of aliphatic hydroxyl groups excluding tert-OH is 1. The average molecular weight is 572 g/mol. The first-order valence-corrected chi connectivity index (χ1v) is 14.4. The largest absolute Gasteiger partial charge is 0.392 e. The molecule has 0 spiro atoms. The normalized spacial score (nSPS) is 15.4. The van der Waals surface area contributed by atoms with Gasteiger partial charge in [-0.1, -0.05) is 32.9 Å². The van der Waals surface area contributed by atoms with Crippen LogP contribution in [0.3, 0.4) is 0 Å². The number of aromatic nitrogens is 3. The Balaban J connectivity index is 1.27. The molecule has 2 aliphatic heterocycles. The summed E-state index contributed by atoms with van der Waals surface area (Å²) in [5, 5.41) is 13.7. The van der Waals surface area contributed by atoms with Gasteiger partial charge in [0.2, 0.25) is 11.9 Å². The van der Waals surface area contributed by atoms with E-state index in [9.17, 15) is 9.90 Å². The SMILES string of the molecule is CC(C)(C)c1cc2c(s1)C(=O)N(c1cccc(-c3nc(N)nc(Nc4ccc(N5CCOCC5)cc4)n3)c1CO)C2. The van der Waals surface area contributed by atoms with Crippen molar-refractivity contribution in [3.8, 4) is 11.4 Å². The molecule has 0 unspecified atom stereocenters. The summed E-state index contributed by atoms with van der Waals surface area (Å²) in [5.41, 5.74) is 10.8. The van der Waals surface area contributed by atoms with Crippen molar-refractivity contribution < 1.29 is 14.6 Å². The number of nitrogens with two attached hydrogens (primary N) is 1. The van der Waals surface area contributed by atoms with E-state index in [-0.39, 0.29) is 29.8 Å². The summed E-state index contributed by atoms with van der Waals surface area (Å²) in [6.45, 7) is 9.76. The lowest BCUT2D eigenvalue weighted by atomic mass is 9.94. The quantitative estimate of drug-likeness (QED) is 0.301. The third kappa shape index (κ3) is 5.35. The van der Waals surface area contributed by atoms with Crippen molar-refractivity contribution in [3.05, 3.63) is 69.4 Å². The maximum Gasteiger partial charge on any atom is 0.269 e. The van der Waals surface area contributed by atoms with Gasteiger partial charge in [-0.05, 0) is 47.4 Å². The highest BCUT2D eigenvalue weighted by Crippen LogP contribution is 2.41. The summed E-state index contributed by atoms with van der Waals surface area (Å²) >= 11 is 1.54. The lowest BCUT2D eigenvalue weighted by molar-refractivity contribution is 0.0999. The number of benzene rings is 2. The Kier molecular flexibility index (Phi) is 7.10. The number of carbonyl (C=O) groups excluding carboxylic acids is 1. The molecule has 1 saturated heterocycles. The van der Waals surface area contributed by atoms with E-state index in [1.165, 1.54) is 4.88 Å². The second-order valence-corrected chi connectivity index (χ2v) is 12.2. The van der Waals surface area contributed by atoms with Crippen molar-refractivity contribution in [2.45, 2.75) is 39.3 Å². The minimum absolute atomic E-state index is 0.0224. The number of nitrogens with one attached hydrogen (secondary N) is 1. The van der Waals surface area contributed by atoms with E-state index in [0.717, 1.165) is 48.1 Å². The summed E-state index contributed by atoms with van der Waals surface area (Å²) in [7, 11) is 0. The second-order valence-electron chi connectivity index (χ2n) is 11.2. The molecule has 41 heavy (non-hydrogen) atoms. The van der Waals surface area contributed by atoms with Crippen LogP contribution in [0, 0.1) is 0 Å². The fraction of sp³-hybridized carbons (Fsp3) is 0.333. The Morgan fingerprint density at radius 2 is 1.83 bits per heavy atom. The number of ether oxygens (including phenoxy) is 1. The average Bonchev–Trinajstić information content (AvgIpc) is 3.53. The molecule has 0 bridgehead atoms. The summed E-state index contributed by atoms with van der Waals surface area (Å²) < 4.78 is 5.44. The predicted octanol–water partition coefficient (Wildman–Crippen LogP) is 4.71. The first kappa shape index (κ1) is 27.1. The first-order valence-electron chi connectivity index (χ1n) is 13.6. The molecular formula is C30H33N7O3S. The van der Waals surface area contributed by atoms with E-state index in [2.05, 4.69) is 52.0 Å². The minimum atomic E-state index is -0.298. The number of nitrogen functional groups attached to an aromatic ring is 1. The van der Waals surface area contributed by atoms with Crippen LogP contribution in [-0.2, 0) is 23.3 Å². The smallest absolute Gasteiger partial charge is 0.269 e. The van der Waals surface area contributed by atoms with Crippen LogP contribution in [0.1, 0.15) is 46.4 Å². The van der Waals surface area contributed by atoms with Crippen LogP contribution in [0.15, 0.2) is 48.5 Å². The number of fused-ring (bicyclic) bond motifs is 1. The molecule has 212 valence electrons. The van der Waals surface area contributed by atoms with Gasteiger partial charge in [-0.15, -0.1) is 11.3 Å². The van der Waals surface area contributed by atoms with Gasteiger partial charge < -0.3 is 30.7 Å². The number of carbonyl (C=O) groups is 1. The molecule has 2 aromatic heterocycles. The lowest BCUT2D eigenvalue weighted by Crippen LogP contribution is -2.36. The Morgan fingerprint density at radius 3 is 2.51 bits per heavy atom. The number of anilines is 5. The number of aliphatic hydroxyl groups is 1. The number of morpholine rings is 1. The standard InChI is InChI=1S/C30H33N7O3S/c1-30(2,3)24-15-18-16-37(27(39)25(18)41-24)23-6-4-5-21(22(23)17-38)26-33-28(31)35-29(34-26)32-19-7-9-20(10-8-19)36-11-13-40-14-12-36/h4-10,15,38H,11-14,16-17H2,1-3H3,(H3,31,32,33,34,35). The number of hydrogen-bond donors (Lipinski definition) is 3.